The number of halogens is 2. The van der Waals surface area contributed by atoms with Gasteiger partial charge in [-0.3, -0.25) is 14.9 Å². The maximum absolute atomic E-state index is 13.3. The Bertz CT molecular complexity index is 947. The summed E-state index contributed by atoms with van der Waals surface area (Å²) in [5, 5.41) is 4.82. The van der Waals surface area contributed by atoms with Gasteiger partial charge in [-0.25, -0.2) is 9.18 Å². The van der Waals surface area contributed by atoms with Gasteiger partial charge < -0.3 is 10.2 Å². The summed E-state index contributed by atoms with van der Waals surface area (Å²) in [4.78, 5) is 38.6. The van der Waals surface area contributed by atoms with Crippen LogP contribution in [0, 0.1) is 5.82 Å². The van der Waals surface area contributed by atoms with Gasteiger partial charge in [-0.15, -0.1) is 0 Å². The number of carbonyl (C=O) groups is 3. The maximum atomic E-state index is 13.3. The normalized spacial score (nSPS) is 21.6. The average Bonchev–Trinajstić information content (AvgIpc) is 3.05. The zero-order valence-corrected chi connectivity index (χ0v) is 15.0. The number of fused-ring (bicyclic) bond motifs is 1. The number of rotatable bonds is 3. The van der Waals surface area contributed by atoms with Gasteiger partial charge in [0.1, 0.15) is 5.82 Å². The molecular weight excluding hydrogens is 405 g/mol. The molecular formula is C18H13BrFN3O3. The first-order valence-corrected chi connectivity index (χ1v) is 8.66. The predicted molar refractivity (Wildman–Crippen MR) is 93.6 cm³/mol. The summed E-state index contributed by atoms with van der Waals surface area (Å²) in [6, 6.07) is 10.0. The second-order valence-corrected chi connectivity index (χ2v) is 7.20. The molecule has 2 aliphatic rings. The van der Waals surface area contributed by atoms with E-state index >= 15 is 0 Å². The molecule has 2 aromatic carbocycles. The van der Waals surface area contributed by atoms with Crippen molar-refractivity contribution >= 4 is 33.8 Å². The SMILES string of the molecule is O=C1NC(=O)C(CN2Cc3cc(Br)ccc3C2=O)(c2ccc(F)cc2)N1. The topological polar surface area (TPSA) is 78.5 Å². The van der Waals surface area contributed by atoms with Crippen LogP contribution in [0.1, 0.15) is 21.5 Å². The van der Waals surface area contributed by atoms with Crippen molar-refractivity contribution in [1.82, 2.24) is 15.5 Å². The van der Waals surface area contributed by atoms with Crippen molar-refractivity contribution in [3.05, 3.63) is 69.4 Å². The van der Waals surface area contributed by atoms with Crippen molar-refractivity contribution in [2.45, 2.75) is 12.1 Å². The summed E-state index contributed by atoms with van der Waals surface area (Å²) in [6.07, 6.45) is 0. The summed E-state index contributed by atoms with van der Waals surface area (Å²) in [7, 11) is 0. The number of amides is 4. The number of imide groups is 1. The second-order valence-electron chi connectivity index (χ2n) is 6.28. The van der Waals surface area contributed by atoms with E-state index < -0.39 is 23.3 Å². The molecule has 6 nitrogen and oxygen atoms in total. The van der Waals surface area contributed by atoms with Gasteiger partial charge in [-0.2, -0.15) is 0 Å². The van der Waals surface area contributed by atoms with E-state index in [1.165, 1.54) is 29.2 Å². The summed E-state index contributed by atoms with van der Waals surface area (Å²) < 4.78 is 14.2. The molecule has 8 heteroatoms. The van der Waals surface area contributed by atoms with Crippen LogP contribution in [0.5, 0.6) is 0 Å². The Kier molecular flexibility index (Phi) is 3.80. The molecule has 4 rings (SSSR count). The van der Waals surface area contributed by atoms with Crippen LogP contribution in [0.15, 0.2) is 46.9 Å². The average molecular weight is 418 g/mol. The minimum atomic E-state index is -1.46. The first-order valence-electron chi connectivity index (χ1n) is 7.86. The van der Waals surface area contributed by atoms with Crippen LogP contribution in [0.4, 0.5) is 9.18 Å². The van der Waals surface area contributed by atoms with Gasteiger partial charge in [-0.1, -0.05) is 28.1 Å². The van der Waals surface area contributed by atoms with Gasteiger partial charge in [0.2, 0.25) is 0 Å². The monoisotopic (exact) mass is 417 g/mol. The van der Waals surface area contributed by atoms with Crippen LogP contribution in [0.3, 0.4) is 0 Å². The summed E-state index contributed by atoms with van der Waals surface area (Å²) in [6.45, 7) is 0.265. The highest BCUT2D eigenvalue weighted by Crippen LogP contribution is 2.32. The zero-order chi connectivity index (χ0) is 18.5. The number of urea groups is 1. The predicted octanol–water partition coefficient (Wildman–Crippen LogP) is 2.28. The number of hydrogen-bond donors (Lipinski definition) is 2. The third kappa shape index (κ3) is 2.57. The van der Waals surface area contributed by atoms with Crippen molar-refractivity contribution in [2.75, 3.05) is 6.54 Å². The zero-order valence-electron chi connectivity index (χ0n) is 13.4. The Morgan fingerprint density at radius 2 is 1.85 bits per heavy atom. The minimum absolute atomic E-state index is 0.0542. The highest BCUT2D eigenvalue weighted by Gasteiger charge is 2.50. The molecule has 1 unspecified atom stereocenters. The van der Waals surface area contributed by atoms with Crippen molar-refractivity contribution in [1.29, 1.82) is 0 Å². The van der Waals surface area contributed by atoms with Crippen LogP contribution in [-0.2, 0) is 16.9 Å². The molecule has 0 bridgehead atoms. The second kappa shape index (κ2) is 5.91. The highest BCUT2D eigenvalue weighted by atomic mass is 79.9. The lowest BCUT2D eigenvalue weighted by Gasteiger charge is -2.31. The van der Waals surface area contributed by atoms with E-state index in [1.807, 2.05) is 6.07 Å². The molecule has 4 amide bonds. The molecule has 2 heterocycles. The smallest absolute Gasteiger partial charge is 0.322 e. The molecule has 1 atom stereocenters. The van der Waals surface area contributed by atoms with Gasteiger partial charge in [0.15, 0.2) is 5.54 Å². The number of benzene rings is 2. The fourth-order valence-electron chi connectivity index (χ4n) is 3.40. The Labute approximate surface area is 156 Å². The van der Waals surface area contributed by atoms with Gasteiger partial charge in [0.25, 0.3) is 11.8 Å². The highest BCUT2D eigenvalue weighted by molar-refractivity contribution is 9.10. The molecule has 2 aromatic rings. The van der Waals surface area contributed by atoms with E-state index in [0.717, 1.165) is 10.0 Å². The molecule has 0 radical (unpaired) electrons. The van der Waals surface area contributed by atoms with Crippen molar-refractivity contribution < 1.29 is 18.8 Å². The molecule has 1 fully saturated rings. The molecule has 2 N–H and O–H groups in total. The fourth-order valence-corrected chi connectivity index (χ4v) is 3.80. The number of hydrogen-bond acceptors (Lipinski definition) is 3. The maximum Gasteiger partial charge on any atom is 0.322 e. The minimum Gasteiger partial charge on any atom is -0.331 e. The van der Waals surface area contributed by atoms with E-state index in [9.17, 15) is 18.8 Å². The molecule has 132 valence electrons. The quantitative estimate of drug-likeness (QED) is 0.751. The van der Waals surface area contributed by atoms with Crippen molar-refractivity contribution in [2.24, 2.45) is 0 Å². The van der Waals surface area contributed by atoms with Crippen molar-refractivity contribution in [3.63, 3.8) is 0 Å². The molecule has 26 heavy (non-hydrogen) atoms. The van der Waals surface area contributed by atoms with Gasteiger partial charge in [0.05, 0.1) is 6.54 Å². The van der Waals surface area contributed by atoms with Gasteiger partial charge in [-0.05, 0) is 41.5 Å². The van der Waals surface area contributed by atoms with E-state index in [2.05, 4.69) is 26.6 Å². The summed E-state index contributed by atoms with van der Waals surface area (Å²) in [5.41, 5.74) is 0.349. The summed E-state index contributed by atoms with van der Waals surface area (Å²) >= 11 is 3.38. The van der Waals surface area contributed by atoms with Crippen LogP contribution in [0.2, 0.25) is 0 Å². The molecule has 0 aromatic heterocycles. The largest absolute Gasteiger partial charge is 0.331 e. The van der Waals surface area contributed by atoms with E-state index in [1.54, 1.807) is 12.1 Å². The molecule has 1 saturated heterocycles. The number of nitrogens with one attached hydrogen (secondary N) is 2. The molecule has 2 aliphatic heterocycles. The number of carbonyl (C=O) groups excluding carboxylic acids is 3. The lowest BCUT2D eigenvalue weighted by atomic mass is 9.89. The fraction of sp³-hybridized carbons (Fsp3) is 0.167. The van der Waals surface area contributed by atoms with Crippen LogP contribution in [0.25, 0.3) is 0 Å². The number of nitrogens with zero attached hydrogens (tertiary/aromatic N) is 1. The van der Waals surface area contributed by atoms with Crippen molar-refractivity contribution in [3.8, 4) is 0 Å². The lowest BCUT2D eigenvalue weighted by molar-refractivity contribution is -0.124. The Morgan fingerprint density at radius 1 is 1.12 bits per heavy atom. The van der Waals surface area contributed by atoms with Gasteiger partial charge in [0, 0.05) is 16.6 Å². The van der Waals surface area contributed by atoms with E-state index in [4.69, 9.17) is 0 Å². The summed E-state index contributed by atoms with van der Waals surface area (Å²) in [5.74, 6) is -1.25. The Morgan fingerprint density at radius 3 is 2.50 bits per heavy atom. The first-order chi connectivity index (χ1) is 12.4. The standard InChI is InChI=1S/C18H13BrFN3O3/c19-12-3-6-14-10(7-12)8-23(15(14)24)9-18(16(25)21-17(26)22-18)11-1-4-13(20)5-2-11/h1-7H,8-9H2,(H2,21,22,25,26). The van der Waals surface area contributed by atoms with E-state index in [0.29, 0.717) is 17.7 Å². The third-order valence-corrected chi connectivity index (χ3v) is 5.15. The molecule has 0 aliphatic carbocycles. The molecule has 0 saturated carbocycles. The molecule has 0 spiro atoms. The Hall–Kier alpha value is -2.74. The van der Waals surface area contributed by atoms with Crippen LogP contribution in [-0.4, -0.2) is 29.3 Å². The third-order valence-electron chi connectivity index (χ3n) is 4.65. The van der Waals surface area contributed by atoms with Gasteiger partial charge >= 0.3 is 6.03 Å². The van der Waals surface area contributed by atoms with Crippen LogP contribution >= 0.6 is 15.9 Å². The van der Waals surface area contributed by atoms with Crippen LogP contribution < -0.4 is 10.6 Å². The van der Waals surface area contributed by atoms with E-state index in [-0.39, 0.29) is 12.5 Å². The Balaban J connectivity index is 1.71. The first kappa shape index (κ1) is 16.7. The lowest BCUT2D eigenvalue weighted by Crippen LogP contribution is -2.52.